The van der Waals surface area contributed by atoms with Gasteiger partial charge in [0.05, 0.1) is 6.20 Å². The molecule has 0 radical (unpaired) electrons. The van der Waals surface area contributed by atoms with E-state index >= 15 is 0 Å². The van der Waals surface area contributed by atoms with Gasteiger partial charge in [-0.05, 0) is 55.7 Å². The van der Waals surface area contributed by atoms with Crippen molar-refractivity contribution in [1.29, 1.82) is 0 Å². The molecule has 148 valence electrons. The van der Waals surface area contributed by atoms with Crippen LogP contribution in [0.1, 0.15) is 73.3 Å². The predicted molar refractivity (Wildman–Crippen MR) is 112 cm³/mol. The zero-order chi connectivity index (χ0) is 19.3. The molecule has 6 heteroatoms. The molecule has 1 saturated heterocycles. The van der Waals surface area contributed by atoms with Crippen molar-refractivity contribution >= 4 is 23.2 Å². The third-order valence-corrected chi connectivity index (χ3v) is 5.92. The Morgan fingerprint density at radius 1 is 1.00 bits per heavy atom. The first kappa shape index (κ1) is 18.7. The molecule has 2 aromatic rings. The Labute approximate surface area is 166 Å². The standard InChI is InChI=1S/C22H29N5O/c23-21(28)20-22(26-19(15-24-20)27-13-5-2-6-14-27)25-18-11-9-17(10-12-18)16-7-3-1-4-8-16/h9-12,15-16H,1-8,13-14H2,(H2,23,28)(H,25,26). The van der Waals surface area contributed by atoms with E-state index in [9.17, 15) is 4.79 Å². The molecule has 3 N–H and O–H groups in total. The first-order valence-corrected chi connectivity index (χ1v) is 10.5. The Hall–Kier alpha value is -2.63. The molecule has 0 spiro atoms. The number of nitrogens with one attached hydrogen (secondary N) is 1. The van der Waals surface area contributed by atoms with E-state index in [4.69, 9.17) is 5.73 Å². The molecular formula is C22H29N5O. The van der Waals surface area contributed by atoms with Crippen LogP contribution in [0.2, 0.25) is 0 Å². The van der Waals surface area contributed by atoms with E-state index in [1.54, 1.807) is 6.20 Å². The summed E-state index contributed by atoms with van der Waals surface area (Å²) in [5.74, 6) is 1.33. The largest absolute Gasteiger partial charge is 0.364 e. The summed E-state index contributed by atoms with van der Waals surface area (Å²) in [6, 6.07) is 8.49. The highest BCUT2D eigenvalue weighted by atomic mass is 16.1. The van der Waals surface area contributed by atoms with Gasteiger partial charge in [0.25, 0.3) is 5.91 Å². The predicted octanol–water partition coefficient (Wildman–Crippen LogP) is 4.36. The number of hydrogen-bond donors (Lipinski definition) is 2. The van der Waals surface area contributed by atoms with E-state index in [2.05, 4.69) is 44.5 Å². The first-order chi connectivity index (χ1) is 13.7. The molecule has 2 heterocycles. The van der Waals surface area contributed by atoms with Crippen LogP contribution in [0.3, 0.4) is 0 Å². The monoisotopic (exact) mass is 379 g/mol. The molecule has 1 aromatic heterocycles. The summed E-state index contributed by atoms with van der Waals surface area (Å²) in [7, 11) is 0. The molecule has 1 saturated carbocycles. The number of carbonyl (C=O) groups excluding carboxylic acids is 1. The maximum absolute atomic E-state index is 11.8. The number of benzene rings is 1. The van der Waals surface area contributed by atoms with Gasteiger partial charge < -0.3 is 16.0 Å². The lowest BCUT2D eigenvalue weighted by Gasteiger charge is -2.28. The van der Waals surface area contributed by atoms with Crippen LogP contribution in [0.25, 0.3) is 0 Å². The van der Waals surface area contributed by atoms with E-state index in [1.807, 2.05) is 0 Å². The molecule has 6 nitrogen and oxygen atoms in total. The number of amides is 1. The lowest BCUT2D eigenvalue weighted by molar-refractivity contribution is 0.0996. The number of carbonyl (C=O) groups is 1. The third kappa shape index (κ3) is 4.26. The van der Waals surface area contributed by atoms with Crippen molar-refractivity contribution in [3.8, 4) is 0 Å². The first-order valence-electron chi connectivity index (χ1n) is 10.5. The van der Waals surface area contributed by atoms with Gasteiger partial charge in [0.1, 0.15) is 5.82 Å². The smallest absolute Gasteiger partial charge is 0.271 e. The summed E-state index contributed by atoms with van der Waals surface area (Å²) >= 11 is 0. The minimum atomic E-state index is -0.570. The molecule has 2 fully saturated rings. The third-order valence-electron chi connectivity index (χ3n) is 5.92. The number of hydrogen-bond acceptors (Lipinski definition) is 5. The summed E-state index contributed by atoms with van der Waals surface area (Å²) in [5.41, 5.74) is 7.99. The maximum atomic E-state index is 11.8. The Balaban J connectivity index is 1.54. The van der Waals surface area contributed by atoms with Crippen LogP contribution in [0.15, 0.2) is 30.5 Å². The highest BCUT2D eigenvalue weighted by molar-refractivity contribution is 5.96. The van der Waals surface area contributed by atoms with Gasteiger partial charge in [-0.25, -0.2) is 9.97 Å². The molecule has 0 bridgehead atoms. The number of rotatable bonds is 5. The lowest BCUT2D eigenvalue weighted by Crippen LogP contribution is -2.31. The van der Waals surface area contributed by atoms with Gasteiger partial charge in [-0.2, -0.15) is 0 Å². The highest BCUT2D eigenvalue weighted by Gasteiger charge is 2.19. The number of nitrogens with two attached hydrogens (primary N) is 1. The Bertz CT molecular complexity index is 808. The lowest BCUT2D eigenvalue weighted by atomic mass is 9.84. The van der Waals surface area contributed by atoms with E-state index in [0.717, 1.165) is 37.4 Å². The fourth-order valence-corrected chi connectivity index (χ4v) is 4.33. The number of aromatic nitrogens is 2. The van der Waals surface area contributed by atoms with Gasteiger partial charge in [-0.1, -0.05) is 31.4 Å². The Morgan fingerprint density at radius 3 is 2.36 bits per heavy atom. The van der Waals surface area contributed by atoms with Crippen LogP contribution in [-0.4, -0.2) is 29.0 Å². The molecule has 1 amide bonds. The second kappa shape index (κ2) is 8.59. The van der Waals surface area contributed by atoms with Gasteiger partial charge in [0.15, 0.2) is 11.5 Å². The Kier molecular flexibility index (Phi) is 5.74. The molecule has 0 atom stereocenters. The molecule has 1 aliphatic heterocycles. The summed E-state index contributed by atoms with van der Waals surface area (Å²) in [6.45, 7) is 1.94. The summed E-state index contributed by atoms with van der Waals surface area (Å²) in [5, 5.41) is 3.26. The van der Waals surface area contributed by atoms with Crippen LogP contribution in [-0.2, 0) is 0 Å². The molecule has 4 rings (SSSR count). The van der Waals surface area contributed by atoms with Crippen molar-refractivity contribution in [1.82, 2.24) is 9.97 Å². The minimum absolute atomic E-state index is 0.178. The number of primary amides is 1. The molecule has 28 heavy (non-hydrogen) atoms. The highest BCUT2D eigenvalue weighted by Crippen LogP contribution is 2.33. The molecule has 1 aliphatic carbocycles. The van der Waals surface area contributed by atoms with E-state index < -0.39 is 5.91 Å². The van der Waals surface area contributed by atoms with Gasteiger partial charge in [-0.15, -0.1) is 0 Å². The zero-order valence-electron chi connectivity index (χ0n) is 16.4. The maximum Gasteiger partial charge on any atom is 0.271 e. The van der Waals surface area contributed by atoms with E-state index in [-0.39, 0.29) is 5.69 Å². The number of anilines is 3. The SMILES string of the molecule is NC(=O)c1ncc(N2CCCCC2)nc1Nc1ccc(C2CCCCC2)cc1. The van der Waals surface area contributed by atoms with E-state index in [1.165, 1.54) is 44.1 Å². The molecule has 2 aliphatic rings. The van der Waals surface area contributed by atoms with Gasteiger partial charge in [0.2, 0.25) is 0 Å². The van der Waals surface area contributed by atoms with Crippen molar-refractivity contribution in [3.05, 3.63) is 41.7 Å². The van der Waals surface area contributed by atoms with Crippen LogP contribution < -0.4 is 16.0 Å². The van der Waals surface area contributed by atoms with Crippen LogP contribution in [0.4, 0.5) is 17.3 Å². The zero-order valence-corrected chi connectivity index (χ0v) is 16.4. The summed E-state index contributed by atoms with van der Waals surface area (Å²) in [4.78, 5) is 23.0. The normalized spacial score (nSPS) is 18.1. The minimum Gasteiger partial charge on any atom is -0.364 e. The fraction of sp³-hybridized carbons (Fsp3) is 0.500. The molecule has 0 unspecified atom stereocenters. The van der Waals surface area contributed by atoms with Gasteiger partial charge >= 0.3 is 0 Å². The topological polar surface area (TPSA) is 84.1 Å². The van der Waals surface area contributed by atoms with Crippen molar-refractivity contribution in [2.45, 2.75) is 57.3 Å². The molecular weight excluding hydrogens is 350 g/mol. The average molecular weight is 380 g/mol. The van der Waals surface area contributed by atoms with Crippen molar-refractivity contribution in [3.63, 3.8) is 0 Å². The van der Waals surface area contributed by atoms with Crippen molar-refractivity contribution < 1.29 is 4.79 Å². The second-order valence-electron chi connectivity index (χ2n) is 7.92. The second-order valence-corrected chi connectivity index (χ2v) is 7.92. The summed E-state index contributed by atoms with van der Waals surface area (Å²) in [6.07, 6.45) is 11.8. The van der Waals surface area contributed by atoms with Crippen molar-refractivity contribution in [2.75, 3.05) is 23.3 Å². The van der Waals surface area contributed by atoms with Gasteiger partial charge in [0, 0.05) is 18.8 Å². The van der Waals surface area contributed by atoms with Gasteiger partial charge in [-0.3, -0.25) is 4.79 Å². The fourth-order valence-electron chi connectivity index (χ4n) is 4.33. The average Bonchev–Trinajstić information content (AvgIpc) is 2.75. The Morgan fingerprint density at radius 2 is 1.68 bits per heavy atom. The summed E-state index contributed by atoms with van der Waals surface area (Å²) < 4.78 is 0. The number of piperidine rings is 1. The quantitative estimate of drug-likeness (QED) is 0.806. The number of nitrogens with zero attached hydrogens (tertiary/aromatic N) is 3. The molecule has 1 aromatic carbocycles. The van der Waals surface area contributed by atoms with E-state index in [0.29, 0.717) is 11.7 Å². The van der Waals surface area contributed by atoms with Crippen LogP contribution >= 0.6 is 0 Å². The van der Waals surface area contributed by atoms with Crippen molar-refractivity contribution in [2.24, 2.45) is 5.73 Å². The van der Waals surface area contributed by atoms with Crippen LogP contribution in [0.5, 0.6) is 0 Å². The van der Waals surface area contributed by atoms with Crippen LogP contribution in [0, 0.1) is 0 Å².